The summed E-state index contributed by atoms with van der Waals surface area (Å²) < 4.78 is 11.9. The highest BCUT2D eigenvalue weighted by molar-refractivity contribution is 5.96. The number of anilines is 1. The van der Waals surface area contributed by atoms with Crippen molar-refractivity contribution in [3.63, 3.8) is 0 Å². The van der Waals surface area contributed by atoms with E-state index < -0.39 is 0 Å². The Morgan fingerprint density at radius 1 is 1.12 bits per heavy atom. The topological polar surface area (TPSA) is 62.4 Å². The van der Waals surface area contributed by atoms with Crippen LogP contribution in [0.5, 0.6) is 0 Å². The van der Waals surface area contributed by atoms with E-state index in [0.29, 0.717) is 0 Å². The van der Waals surface area contributed by atoms with Crippen molar-refractivity contribution in [1.82, 2.24) is 15.3 Å². The summed E-state index contributed by atoms with van der Waals surface area (Å²) in [4.78, 5) is 10.1. The number of fused-ring (bicyclic) bond motifs is 1. The van der Waals surface area contributed by atoms with E-state index in [2.05, 4.69) is 83.4 Å². The molecule has 6 nitrogen and oxygen atoms in total. The van der Waals surface area contributed by atoms with E-state index in [-0.39, 0.29) is 11.8 Å². The molecule has 0 aliphatic carbocycles. The highest BCUT2D eigenvalue weighted by Gasteiger charge is 2.23. The maximum Gasteiger partial charge on any atom is 0.148 e. The van der Waals surface area contributed by atoms with Gasteiger partial charge in [-0.2, -0.15) is 0 Å². The molecule has 0 saturated carbocycles. The Balaban J connectivity index is 1.53. The van der Waals surface area contributed by atoms with Crippen molar-refractivity contribution >= 4 is 28.0 Å². The Kier molecular flexibility index (Phi) is 5.49. The number of aromatic nitrogens is 2. The molecule has 1 aromatic carbocycles. The number of H-pyrrole nitrogens is 1. The Bertz CT molecular complexity index is 1170. The highest BCUT2D eigenvalue weighted by Crippen LogP contribution is 2.32. The van der Waals surface area contributed by atoms with Crippen LogP contribution in [-0.4, -0.2) is 48.1 Å². The van der Waals surface area contributed by atoms with Crippen LogP contribution < -0.4 is 10.2 Å². The third-order valence-corrected chi connectivity index (χ3v) is 5.70. The van der Waals surface area contributed by atoms with Gasteiger partial charge in [0.25, 0.3) is 0 Å². The zero-order valence-electron chi connectivity index (χ0n) is 18.9. The average molecular weight is 431 g/mol. The fraction of sp³-hybridized carbons (Fsp3) is 0.346. The van der Waals surface area contributed by atoms with Crippen LogP contribution in [-0.2, 0) is 9.47 Å². The SMILES string of the molecule is CC(C)(C)OC1C=C(c2c[nH]c3ncccc23)C=C(c2cccc(N3CCOCC3)c2)N1. The number of hydrogen-bond acceptors (Lipinski definition) is 5. The summed E-state index contributed by atoms with van der Waals surface area (Å²) in [5.41, 5.74) is 6.25. The number of aromatic amines is 1. The second kappa shape index (κ2) is 8.45. The summed E-state index contributed by atoms with van der Waals surface area (Å²) >= 11 is 0. The minimum absolute atomic E-state index is 0.237. The van der Waals surface area contributed by atoms with Gasteiger partial charge in [0.15, 0.2) is 0 Å². The number of nitrogens with one attached hydrogen (secondary N) is 2. The summed E-state index contributed by atoms with van der Waals surface area (Å²) in [5.74, 6) is 0. The lowest BCUT2D eigenvalue weighted by Crippen LogP contribution is -2.38. The maximum atomic E-state index is 6.34. The molecule has 1 saturated heterocycles. The normalized spacial score (nSPS) is 19.5. The van der Waals surface area contributed by atoms with E-state index >= 15 is 0 Å². The van der Waals surface area contributed by atoms with Crippen LogP contribution in [0.25, 0.3) is 22.3 Å². The van der Waals surface area contributed by atoms with Gasteiger partial charge in [0, 0.05) is 47.8 Å². The molecule has 2 aliphatic heterocycles. The van der Waals surface area contributed by atoms with E-state index in [1.807, 2.05) is 18.5 Å². The second-order valence-electron chi connectivity index (χ2n) is 9.23. The fourth-order valence-corrected chi connectivity index (χ4v) is 4.27. The molecule has 3 aromatic rings. The summed E-state index contributed by atoms with van der Waals surface area (Å²) in [6.45, 7) is 9.61. The second-order valence-corrected chi connectivity index (χ2v) is 9.23. The van der Waals surface area contributed by atoms with E-state index in [1.165, 1.54) is 5.69 Å². The third-order valence-electron chi connectivity index (χ3n) is 5.70. The predicted octanol–water partition coefficient (Wildman–Crippen LogP) is 4.57. The van der Waals surface area contributed by atoms with Crippen molar-refractivity contribution in [3.05, 3.63) is 72.1 Å². The van der Waals surface area contributed by atoms with Crippen molar-refractivity contribution in [2.24, 2.45) is 0 Å². The smallest absolute Gasteiger partial charge is 0.148 e. The number of rotatable bonds is 4. The van der Waals surface area contributed by atoms with E-state index in [0.717, 1.165) is 59.7 Å². The van der Waals surface area contributed by atoms with Crippen molar-refractivity contribution in [2.45, 2.75) is 32.6 Å². The monoisotopic (exact) mass is 430 g/mol. The van der Waals surface area contributed by atoms with Crippen molar-refractivity contribution in [3.8, 4) is 0 Å². The first kappa shape index (κ1) is 20.8. The first-order valence-corrected chi connectivity index (χ1v) is 11.2. The van der Waals surface area contributed by atoms with E-state index in [1.54, 1.807) is 0 Å². The van der Waals surface area contributed by atoms with Gasteiger partial charge in [-0.25, -0.2) is 4.98 Å². The predicted molar refractivity (Wildman–Crippen MR) is 129 cm³/mol. The molecule has 2 N–H and O–H groups in total. The molecule has 166 valence electrons. The Morgan fingerprint density at radius 3 is 2.78 bits per heavy atom. The van der Waals surface area contributed by atoms with Crippen LogP contribution in [0, 0.1) is 0 Å². The Hall–Kier alpha value is -3.09. The number of ether oxygens (including phenoxy) is 2. The summed E-state index contributed by atoms with van der Waals surface area (Å²) in [6, 6.07) is 12.8. The molecule has 4 heterocycles. The zero-order valence-corrected chi connectivity index (χ0v) is 18.9. The minimum Gasteiger partial charge on any atom is -0.378 e. The van der Waals surface area contributed by atoms with Crippen LogP contribution in [0.1, 0.15) is 31.9 Å². The van der Waals surface area contributed by atoms with Gasteiger partial charge < -0.3 is 24.7 Å². The van der Waals surface area contributed by atoms with Gasteiger partial charge in [-0.05, 0) is 68.3 Å². The van der Waals surface area contributed by atoms with Crippen LogP contribution in [0.2, 0.25) is 0 Å². The Morgan fingerprint density at radius 2 is 1.97 bits per heavy atom. The first-order chi connectivity index (χ1) is 15.5. The third kappa shape index (κ3) is 4.42. The highest BCUT2D eigenvalue weighted by atomic mass is 16.5. The quantitative estimate of drug-likeness (QED) is 0.635. The molecule has 6 heteroatoms. The molecule has 5 rings (SSSR count). The average Bonchev–Trinajstić information content (AvgIpc) is 3.23. The van der Waals surface area contributed by atoms with Gasteiger partial charge >= 0.3 is 0 Å². The van der Waals surface area contributed by atoms with E-state index in [4.69, 9.17) is 9.47 Å². The number of dihydropyridines is 1. The number of morpholine rings is 1. The molecule has 32 heavy (non-hydrogen) atoms. The van der Waals surface area contributed by atoms with Crippen molar-refractivity contribution in [1.29, 1.82) is 0 Å². The molecular weight excluding hydrogens is 400 g/mol. The lowest BCUT2D eigenvalue weighted by Gasteiger charge is -2.32. The summed E-state index contributed by atoms with van der Waals surface area (Å²) in [7, 11) is 0. The fourth-order valence-electron chi connectivity index (χ4n) is 4.27. The first-order valence-electron chi connectivity index (χ1n) is 11.2. The van der Waals surface area contributed by atoms with Crippen LogP contribution >= 0.6 is 0 Å². The van der Waals surface area contributed by atoms with Gasteiger partial charge in [0.2, 0.25) is 0 Å². The largest absolute Gasteiger partial charge is 0.378 e. The lowest BCUT2D eigenvalue weighted by molar-refractivity contribution is -0.0451. The van der Waals surface area contributed by atoms with Gasteiger partial charge in [-0.15, -0.1) is 0 Å². The van der Waals surface area contributed by atoms with E-state index in [9.17, 15) is 0 Å². The molecule has 1 unspecified atom stereocenters. The van der Waals surface area contributed by atoms with Crippen molar-refractivity contribution < 1.29 is 9.47 Å². The van der Waals surface area contributed by atoms with Crippen LogP contribution in [0.15, 0.2) is 60.9 Å². The molecule has 0 bridgehead atoms. The number of pyridine rings is 1. The number of benzene rings is 1. The van der Waals surface area contributed by atoms with Crippen molar-refractivity contribution in [2.75, 3.05) is 31.2 Å². The van der Waals surface area contributed by atoms with Crippen LogP contribution in [0.3, 0.4) is 0 Å². The number of hydrogen-bond donors (Lipinski definition) is 2. The number of allylic oxidation sites excluding steroid dienone is 2. The maximum absolute atomic E-state index is 6.34. The molecule has 1 fully saturated rings. The van der Waals surface area contributed by atoms with Gasteiger partial charge in [0.1, 0.15) is 11.9 Å². The molecular formula is C26H30N4O2. The number of nitrogens with zero attached hydrogens (tertiary/aromatic N) is 2. The van der Waals surface area contributed by atoms with Crippen LogP contribution in [0.4, 0.5) is 5.69 Å². The summed E-state index contributed by atoms with van der Waals surface area (Å²) in [5, 5.41) is 4.69. The molecule has 2 aromatic heterocycles. The Labute approximate surface area is 188 Å². The van der Waals surface area contributed by atoms with Gasteiger partial charge in [0.05, 0.1) is 18.8 Å². The van der Waals surface area contributed by atoms with Gasteiger partial charge in [-0.3, -0.25) is 0 Å². The molecule has 0 radical (unpaired) electrons. The lowest BCUT2D eigenvalue weighted by atomic mass is 9.98. The van der Waals surface area contributed by atoms with Gasteiger partial charge in [-0.1, -0.05) is 12.1 Å². The molecule has 0 spiro atoms. The molecule has 2 aliphatic rings. The zero-order chi connectivity index (χ0) is 22.1. The molecule has 0 amide bonds. The molecule has 1 atom stereocenters. The minimum atomic E-state index is -0.279. The standard InChI is InChI=1S/C26H30N4O2/c1-26(2,3)32-24-16-19(22-17-28-25-21(22)8-5-9-27-25)15-23(29-24)18-6-4-7-20(14-18)30-10-12-31-13-11-30/h4-9,14-17,24,29H,10-13H2,1-3H3,(H,27,28). The summed E-state index contributed by atoms with van der Waals surface area (Å²) in [6.07, 6.45) is 7.95.